The highest BCUT2D eigenvalue weighted by atomic mass is 16.3. The van der Waals surface area contributed by atoms with Crippen LogP contribution in [0.5, 0.6) is 0 Å². The predicted molar refractivity (Wildman–Crippen MR) is 94.3 cm³/mol. The van der Waals surface area contributed by atoms with Gasteiger partial charge in [-0.05, 0) is 98.7 Å². The summed E-state index contributed by atoms with van der Waals surface area (Å²) in [6.07, 6.45) is 7.86. The minimum absolute atomic E-state index is 0.200. The van der Waals surface area contributed by atoms with Crippen molar-refractivity contribution in [3.8, 4) is 0 Å². The summed E-state index contributed by atoms with van der Waals surface area (Å²) >= 11 is 0. The second-order valence-electron chi connectivity index (χ2n) is 10.2. The molecular formula is C21H36O3. The fraction of sp³-hybridized carbons (Fsp3) is 1.00. The van der Waals surface area contributed by atoms with Gasteiger partial charge in [-0.1, -0.05) is 13.8 Å². The van der Waals surface area contributed by atoms with Gasteiger partial charge in [0.1, 0.15) is 0 Å². The molecule has 0 saturated heterocycles. The molecule has 0 aromatic carbocycles. The molecule has 0 unspecified atom stereocenters. The standard InChI is InChI=1S/C21H36O3/c1-12(22)15-4-5-16-14-11-19(24)18-10-13(23)6-8-21(18,3)17(14)7-9-20(15,16)2/h12-19,22-24H,4-11H2,1-3H3/t12-,13-,14-,15+,16-,17-,18+,19-,20+,21+/m0/s1. The third-order valence-electron chi connectivity index (χ3n) is 9.31. The van der Waals surface area contributed by atoms with Crippen LogP contribution < -0.4 is 0 Å². The van der Waals surface area contributed by atoms with Crippen LogP contribution in [0.25, 0.3) is 0 Å². The first kappa shape index (κ1) is 17.3. The normalized spacial score (nSPS) is 58.5. The van der Waals surface area contributed by atoms with E-state index in [2.05, 4.69) is 13.8 Å². The quantitative estimate of drug-likeness (QED) is 0.688. The fourth-order valence-electron chi connectivity index (χ4n) is 8.11. The molecule has 0 amide bonds. The zero-order valence-electron chi connectivity index (χ0n) is 15.6. The van der Waals surface area contributed by atoms with Crippen molar-refractivity contribution in [3.05, 3.63) is 0 Å². The van der Waals surface area contributed by atoms with Gasteiger partial charge in [0, 0.05) is 0 Å². The molecule has 0 radical (unpaired) electrons. The Kier molecular flexibility index (Phi) is 4.10. The monoisotopic (exact) mass is 336 g/mol. The van der Waals surface area contributed by atoms with Crippen molar-refractivity contribution in [2.75, 3.05) is 0 Å². The van der Waals surface area contributed by atoms with Gasteiger partial charge in [-0.3, -0.25) is 0 Å². The van der Waals surface area contributed by atoms with E-state index in [0.717, 1.165) is 32.1 Å². The van der Waals surface area contributed by atoms with E-state index in [1.807, 2.05) is 6.92 Å². The topological polar surface area (TPSA) is 60.7 Å². The van der Waals surface area contributed by atoms with E-state index in [9.17, 15) is 15.3 Å². The van der Waals surface area contributed by atoms with E-state index < -0.39 is 0 Å². The van der Waals surface area contributed by atoms with E-state index in [0.29, 0.717) is 23.7 Å². The van der Waals surface area contributed by atoms with Crippen molar-refractivity contribution in [2.45, 2.75) is 90.4 Å². The second-order valence-corrected chi connectivity index (χ2v) is 10.2. The molecule has 3 N–H and O–H groups in total. The minimum Gasteiger partial charge on any atom is -0.393 e. The molecule has 0 aromatic heterocycles. The first-order valence-corrected chi connectivity index (χ1v) is 10.3. The Balaban J connectivity index is 1.64. The summed E-state index contributed by atoms with van der Waals surface area (Å²) in [7, 11) is 0. The van der Waals surface area contributed by atoms with Crippen LogP contribution in [0.15, 0.2) is 0 Å². The SMILES string of the molecule is C[C@H](O)[C@H]1CC[C@H]2[C@@H]3C[C@H](O)[C@H]4C[C@@H](O)CC[C@]4(C)[C@H]3CC[C@]12C. The minimum atomic E-state index is -0.251. The maximum absolute atomic E-state index is 10.9. The second kappa shape index (κ2) is 5.69. The molecule has 0 spiro atoms. The summed E-state index contributed by atoms with van der Waals surface area (Å²) in [6.45, 7) is 6.80. The van der Waals surface area contributed by atoms with Gasteiger partial charge in [0.05, 0.1) is 18.3 Å². The summed E-state index contributed by atoms with van der Waals surface area (Å²) < 4.78 is 0. The Morgan fingerprint density at radius 2 is 1.50 bits per heavy atom. The molecule has 138 valence electrons. The number of aliphatic hydroxyl groups is 3. The first-order chi connectivity index (χ1) is 11.3. The van der Waals surface area contributed by atoms with Gasteiger partial charge in [0.15, 0.2) is 0 Å². The van der Waals surface area contributed by atoms with Crippen molar-refractivity contribution in [1.29, 1.82) is 0 Å². The highest BCUT2D eigenvalue weighted by Crippen LogP contribution is 2.67. The molecule has 0 aromatic rings. The van der Waals surface area contributed by atoms with Crippen molar-refractivity contribution in [1.82, 2.24) is 0 Å². The first-order valence-electron chi connectivity index (χ1n) is 10.3. The van der Waals surface area contributed by atoms with Crippen molar-refractivity contribution in [3.63, 3.8) is 0 Å². The summed E-state index contributed by atoms with van der Waals surface area (Å²) in [5.74, 6) is 2.68. The predicted octanol–water partition coefficient (Wildman–Crippen LogP) is 3.36. The molecule has 0 heterocycles. The maximum Gasteiger partial charge on any atom is 0.0577 e. The van der Waals surface area contributed by atoms with Gasteiger partial charge >= 0.3 is 0 Å². The molecule has 0 aliphatic heterocycles. The average Bonchev–Trinajstić information content (AvgIpc) is 2.87. The Hall–Kier alpha value is -0.120. The Bertz CT molecular complexity index is 491. The van der Waals surface area contributed by atoms with E-state index in [1.165, 1.54) is 19.3 Å². The summed E-state index contributed by atoms with van der Waals surface area (Å²) in [5.41, 5.74) is 0.457. The number of aliphatic hydroxyl groups excluding tert-OH is 3. The van der Waals surface area contributed by atoms with Crippen LogP contribution >= 0.6 is 0 Å². The highest BCUT2D eigenvalue weighted by molar-refractivity contribution is 5.11. The molecule has 3 nitrogen and oxygen atoms in total. The van der Waals surface area contributed by atoms with E-state index in [1.54, 1.807) is 0 Å². The number of fused-ring (bicyclic) bond motifs is 5. The summed E-state index contributed by atoms with van der Waals surface area (Å²) in [4.78, 5) is 0. The Labute approximate surface area is 146 Å². The van der Waals surface area contributed by atoms with E-state index in [-0.39, 0.29) is 35.1 Å². The Morgan fingerprint density at radius 1 is 0.833 bits per heavy atom. The number of hydrogen-bond acceptors (Lipinski definition) is 3. The largest absolute Gasteiger partial charge is 0.393 e. The van der Waals surface area contributed by atoms with Crippen LogP contribution in [0, 0.1) is 40.4 Å². The van der Waals surface area contributed by atoms with Crippen LogP contribution in [0.1, 0.15) is 72.1 Å². The molecule has 3 heteroatoms. The van der Waals surface area contributed by atoms with Crippen LogP contribution in [0.4, 0.5) is 0 Å². The van der Waals surface area contributed by atoms with Gasteiger partial charge in [0.25, 0.3) is 0 Å². The fourth-order valence-corrected chi connectivity index (χ4v) is 8.11. The number of hydrogen-bond donors (Lipinski definition) is 3. The summed E-state index contributed by atoms with van der Waals surface area (Å²) in [5, 5.41) is 31.4. The molecule has 10 atom stereocenters. The molecule has 24 heavy (non-hydrogen) atoms. The lowest BCUT2D eigenvalue weighted by atomic mass is 9.44. The van der Waals surface area contributed by atoms with Crippen LogP contribution in [-0.2, 0) is 0 Å². The average molecular weight is 337 g/mol. The third kappa shape index (κ3) is 2.27. The van der Waals surface area contributed by atoms with Crippen molar-refractivity contribution >= 4 is 0 Å². The lowest BCUT2D eigenvalue weighted by molar-refractivity contribution is -0.173. The molecule has 4 rings (SSSR count). The van der Waals surface area contributed by atoms with Gasteiger partial charge in [-0.25, -0.2) is 0 Å². The molecule has 0 bridgehead atoms. The van der Waals surface area contributed by atoms with Crippen LogP contribution in [0.3, 0.4) is 0 Å². The lowest BCUT2D eigenvalue weighted by Gasteiger charge is -2.62. The molecule has 4 saturated carbocycles. The van der Waals surface area contributed by atoms with Crippen LogP contribution in [0.2, 0.25) is 0 Å². The zero-order valence-corrected chi connectivity index (χ0v) is 15.6. The third-order valence-corrected chi connectivity index (χ3v) is 9.31. The van der Waals surface area contributed by atoms with Gasteiger partial charge in [0.2, 0.25) is 0 Å². The number of rotatable bonds is 1. The van der Waals surface area contributed by atoms with E-state index in [4.69, 9.17) is 0 Å². The van der Waals surface area contributed by atoms with Gasteiger partial charge < -0.3 is 15.3 Å². The van der Waals surface area contributed by atoms with E-state index >= 15 is 0 Å². The molecular weight excluding hydrogens is 300 g/mol. The smallest absolute Gasteiger partial charge is 0.0577 e. The van der Waals surface area contributed by atoms with Gasteiger partial charge in [-0.15, -0.1) is 0 Å². The zero-order chi connectivity index (χ0) is 17.3. The summed E-state index contributed by atoms with van der Waals surface area (Å²) in [6, 6.07) is 0. The Morgan fingerprint density at radius 3 is 2.21 bits per heavy atom. The molecule has 4 aliphatic rings. The van der Waals surface area contributed by atoms with Gasteiger partial charge in [-0.2, -0.15) is 0 Å². The van der Waals surface area contributed by atoms with Crippen molar-refractivity contribution < 1.29 is 15.3 Å². The lowest BCUT2D eigenvalue weighted by Crippen LogP contribution is -2.58. The van der Waals surface area contributed by atoms with Crippen LogP contribution in [-0.4, -0.2) is 33.6 Å². The highest BCUT2D eigenvalue weighted by Gasteiger charge is 2.62. The molecule has 4 aliphatic carbocycles. The van der Waals surface area contributed by atoms with Crippen molar-refractivity contribution in [2.24, 2.45) is 40.4 Å². The molecule has 4 fully saturated rings. The maximum atomic E-state index is 10.9.